The Kier molecular flexibility index (Phi) is 4.24. The van der Waals surface area contributed by atoms with Gasteiger partial charge in [-0.1, -0.05) is 41.5 Å². The molecule has 0 fully saturated rings. The van der Waals surface area contributed by atoms with Gasteiger partial charge in [0.2, 0.25) is 0 Å². The third kappa shape index (κ3) is 3.49. The van der Waals surface area contributed by atoms with Crippen molar-refractivity contribution in [1.29, 1.82) is 0 Å². The quantitative estimate of drug-likeness (QED) is 0.602. The summed E-state index contributed by atoms with van der Waals surface area (Å²) in [6, 6.07) is 4.32. The maximum atomic E-state index is 8.60. The van der Waals surface area contributed by atoms with Crippen LogP contribution < -0.4 is 0 Å². The lowest BCUT2D eigenvalue weighted by Gasteiger charge is -2.25. The highest BCUT2D eigenvalue weighted by atomic mass is 79.9. The average Bonchev–Trinajstić information content (AvgIpc) is 2.72. The first-order valence-electron chi connectivity index (χ1n) is 7.02. The molecule has 0 atom stereocenters. The minimum absolute atomic E-state index is 0.0525. The van der Waals surface area contributed by atoms with Crippen LogP contribution in [0.15, 0.2) is 22.1 Å². The first-order valence-corrected chi connectivity index (χ1v) is 8.69. The first-order chi connectivity index (χ1) is 9.50. The molecule has 0 amide bonds. The zero-order valence-electron chi connectivity index (χ0n) is 13.5. The second-order valence-corrected chi connectivity index (χ2v) is 9.09. The summed E-state index contributed by atoms with van der Waals surface area (Å²) >= 11 is 4.99. The van der Waals surface area contributed by atoms with Crippen LogP contribution in [0.2, 0.25) is 0 Å². The van der Waals surface area contributed by atoms with Crippen molar-refractivity contribution in [3.05, 3.63) is 33.2 Å². The van der Waals surface area contributed by atoms with Crippen LogP contribution in [-0.4, -0.2) is 10.1 Å². The Morgan fingerprint density at radius 1 is 1.05 bits per heavy atom. The second kappa shape index (κ2) is 5.40. The molecule has 2 nitrogen and oxygen atoms in total. The lowest BCUT2D eigenvalue weighted by molar-refractivity contribution is 0.446. The summed E-state index contributed by atoms with van der Waals surface area (Å²) in [4.78, 5) is 4.50. The molecular formula is C17H23BrNOS+. The Bertz CT molecular complexity index is 662. The van der Waals surface area contributed by atoms with Crippen LogP contribution in [0.5, 0.6) is 5.75 Å². The van der Waals surface area contributed by atoms with Gasteiger partial charge in [-0.3, -0.25) is 0 Å². The van der Waals surface area contributed by atoms with Crippen LogP contribution in [0.3, 0.4) is 0 Å². The van der Waals surface area contributed by atoms with Gasteiger partial charge in [-0.25, -0.2) is 4.98 Å². The van der Waals surface area contributed by atoms with Crippen molar-refractivity contribution >= 4 is 27.3 Å². The maximum Gasteiger partial charge on any atom is 0.268 e. The highest BCUT2D eigenvalue weighted by Gasteiger charge is 2.29. The molecule has 0 aliphatic heterocycles. The fraction of sp³-hybridized carbons (Fsp3) is 0.471. The monoisotopic (exact) mass is 368 g/mol. The van der Waals surface area contributed by atoms with Gasteiger partial charge >= 0.3 is 0 Å². The average molecular weight is 369 g/mol. The van der Waals surface area contributed by atoms with Gasteiger partial charge in [0.15, 0.2) is 0 Å². The highest BCUT2D eigenvalue weighted by Crippen LogP contribution is 2.42. The number of benzene rings is 1. The molecule has 1 aromatic carbocycles. The molecule has 1 heterocycles. The molecule has 114 valence electrons. The molecule has 0 spiro atoms. The largest absolute Gasteiger partial charge is 0.593 e. The standard InChI is InChI=1S/C17H22BrNOS/c1-16(2,3)10-7-11(15-19-13(18)9-21-15)14(20)12(8-10)17(4,5)6/h7-9,20H,1-6H3/p+1. The van der Waals surface area contributed by atoms with Gasteiger partial charge in [-0.05, 0) is 44.5 Å². The molecular weight excluding hydrogens is 346 g/mol. The molecule has 0 saturated carbocycles. The van der Waals surface area contributed by atoms with E-state index in [4.69, 9.17) is 5.11 Å². The molecule has 0 radical (unpaired) electrons. The predicted molar refractivity (Wildman–Crippen MR) is 95.7 cm³/mol. The summed E-state index contributed by atoms with van der Waals surface area (Å²) in [5.41, 5.74) is 3.27. The highest BCUT2D eigenvalue weighted by molar-refractivity contribution is 9.10. The van der Waals surface area contributed by atoms with Crippen molar-refractivity contribution in [2.45, 2.75) is 52.4 Å². The Labute approximate surface area is 139 Å². The Hall–Kier alpha value is -0.870. The van der Waals surface area contributed by atoms with Gasteiger partial charge in [-0.2, -0.15) is 0 Å². The van der Waals surface area contributed by atoms with Crippen molar-refractivity contribution in [3.8, 4) is 16.3 Å². The molecule has 0 aliphatic rings. The molecule has 0 aliphatic carbocycles. The molecule has 21 heavy (non-hydrogen) atoms. The maximum absolute atomic E-state index is 8.60. The van der Waals surface area contributed by atoms with Crippen LogP contribution in [0.4, 0.5) is 0 Å². The van der Waals surface area contributed by atoms with E-state index in [1.807, 2.05) is 5.38 Å². The van der Waals surface area contributed by atoms with E-state index in [0.717, 1.165) is 20.7 Å². The van der Waals surface area contributed by atoms with E-state index >= 15 is 0 Å². The number of aromatic nitrogens is 1. The summed E-state index contributed by atoms with van der Waals surface area (Å²) in [5, 5.41) is 11.5. The number of hydrogen-bond donors (Lipinski definition) is 0. The van der Waals surface area contributed by atoms with Crippen LogP contribution in [0, 0.1) is 0 Å². The number of nitrogens with zero attached hydrogens (tertiary/aromatic N) is 1. The summed E-state index contributed by atoms with van der Waals surface area (Å²) in [5.74, 6) is 0.595. The number of rotatable bonds is 1. The molecule has 0 bridgehead atoms. The van der Waals surface area contributed by atoms with Gasteiger partial charge in [-0.15, -0.1) is 11.3 Å². The van der Waals surface area contributed by atoms with Crippen LogP contribution in [0.1, 0.15) is 52.7 Å². The van der Waals surface area contributed by atoms with Gasteiger partial charge in [0.25, 0.3) is 5.75 Å². The fourth-order valence-electron chi connectivity index (χ4n) is 2.21. The molecule has 2 rings (SSSR count). The van der Waals surface area contributed by atoms with Crippen molar-refractivity contribution in [1.82, 2.24) is 4.98 Å². The summed E-state index contributed by atoms with van der Waals surface area (Å²) in [6.07, 6.45) is 0. The number of thiazole rings is 1. The Morgan fingerprint density at radius 3 is 2.10 bits per heavy atom. The fourth-order valence-corrected chi connectivity index (χ4v) is 3.49. The van der Waals surface area contributed by atoms with Crippen molar-refractivity contribution < 1.29 is 5.11 Å². The molecule has 1 aromatic heterocycles. The first kappa shape index (κ1) is 16.5. The number of halogens is 1. The minimum Gasteiger partial charge on any atom is -0.593 e. The van der Waals surface area contributed by atoms with E-state index in [1.54, 1.807) is 11.3 Å². The summed E-state index contributed by atoms with van der Waals surface area (Å²) < 4.78 is 0.834. The lowest BCUT2D eigenvalue weighted by Crippen LogP contribution is -2.17. The van der Waals surface area contributed by atoms with Crippen LogP contribution >= 0.6 is 27.3 Å². The third-order valence-electron chi connectivity index (χ3n) is 3.52. The van der Waals surface area contributed by atoms with E-state index in [1.165, 1.54) is 5.56 Å². The molecule has 0 saturated heterocycles. The normalized spacial score (nSPS) is 12.7. The Balaban J connectivity index is 2.75. The van der Waals surface area contributed by atoms with Gasteiger partial charge in [0.1, 0.15) is 15.2 Å². The van der Waals surface area contributed by atoms with Crippen LogP contribution in [-0.2, 0) is 10.8 Å². The second-order valence-electron chi connectivity index (χ2n) is 7.42. The van der Waals surface area contributed by atoms with Crippen molar-refractivity contribution in [2.75, 3.05) is 0 Å². The third-order valence-corrected chi connectivity index (χ3v) is 5.10. The summed E-state index contributed by atoms with van der Waals surface area (Å²) in [6.45, 7) is 13.1. The lowest BCUT2D eigenvalue weighted by atomic mass is 9.79. The van der Waals surface area contributed by atoms with Crippen molar-refractivity contribution in [3.63, 3.8) is 0 Å². The minimum atomic E-state index is -0.0540. The van der Waals surface area contributed by atoms with Crippen molar-refractivity contribution in [2.24, 2.45) is 0 Å². The van der Waals surface area contributed by atoms with E-state index < -0.39 is 0 Å². The Morgan fingerprint density at radius 2 is 1.67 bits per heavy atom. The predicted octanol–water partition coefficient (Wildman–Crippen LogP) is 5.61. The smallest absolute Gasteiger partial charge is 0.268 e. The summed E-state index contributed by atoms with van der Waals surface area (Å²) in [7, 11) is 0. The zero-order valence-corrected chi connectivity index (χ0v) is 15.9. The van der Waals surface area contributed by atoms with E-state index in [2.05, 4.69) is 74.6 Å². The van der Waals surface area contributed by atoms with E-state index in [-0.39, 0.29) is 10.8 Å². The van der Waals surface area contributed by atoms with E-state index in [0.29, 0.717) is 5.75 Å². The molecule has 4 heteroatoms. The molecule has 2 N–H and O–H groups in total. The van der Waals surface area contributed by atoms with Gasteiger partial charge < -0.3 is 5.11 Å². The zero-order chi connectivity index (χ0) is 16.0. The van der Waals surface area contributed by atoms with Gasteiger partial charge in [0.05, 0.1) is 5.56 Å². The SMILES string of the molecule is CC(C)(C)c1cc(-c2nc(Br)cs2)c([OH2+])c(C(C)(C)C)c1. The molecule has 0 unspecified atom stereocenters. The topological polar surface area (TPSA) is 35.8 Å². The molecule has 2 aromatic rings. The number of hydrogen-bond acceptors (Lipinski definition) is 2. The van der Waals surface area contributed by atoms with Gasteiger partial charge in [0, 0.05) is 5.38 Å². The van der Waals surface area contributed by atoms with Crippen LogP contribution in [0.25, 0.3) is 10.6 Å². The van der Waals surface area contributed by atoms with E-state index in [9.17, 15) is 0 Å².